The quantitative estimate of drug-likeness (QED) is 0.278. The van der Waals surface area contributed by atoms with Crippen LogP contribution in [0.3, 0.4) is 0 Å². The highest BCUT2D eigenvalue weighted by Crippen LogP contribution is 2.04. The molecule has 34 heavy (non-hydrogen) atoms. The molecule has 0 spiro atoms. The summed E-state index contributed by atoms with van der Waals surface area (Å²) in [6.45, 7) is 0. The van der Waals surface area contributed by atoms with Gasteiger partial charge in [0.2, 0.25) is 0 Å². The summed E-state index contributed by atoms with van der Waals surface area (Å²) in [5.41, 5.74) is 3.20. The zero-order chi connectivity index (χ0) is 24.1. The van der Waals surface area contributed by atoms with E-state index in [2.05, 4.69) is 12.1 Å². The normalized spacial score (nSPS) is 13.4. The molecule has 2 nitrogen and oxygen atoms in total. The summed E-state index contributed by atoms with van der Waals surface area (Å²) < 4.78 is 0. The number of nitriles is 2. The molecule has 0 saturated carbocycles. The van der Waals surface area contributed by atoms with Crippen LogP contribution in [0.1, 0.15) is 11.1 Å². The minimum atomic E-state index is 0.459. The molecule has 0 aromatic heterocycles. The standard InChI is InChI=1S/C32H26N2/c33-27-31(23-11-5-1-3-9-17-29-19-13-7-14-20-29)25-26-32(28-34)24-12-6-2-4-10-18-30-21-15-8-16-22-30/h1-26H/b3-1+,4-2+,11-5+,12-6+,17-9+,18-10+,26-25+,31-23-,32-24-. The van der Waals surface area contributed by atoms with Crippen molar-refractivity contribution >= 4 is 12.2 Å². The molecule has 164 valence electrons. The van der Waals surface area contributed by atoms with Crippen LogP contribution >= 0.6 is 0 Å². The van der Waals surface area contributed by atoms with Gasteiger partial charge in [-0.05, 0) is 35.4 Å². The molecule has 2 rings (SSSR count). The molecule has 0 unspecified atom stereocenters. The number of hydrogen-bond donors (Lipinski definition) is 0. The van der Waals surface area contributed by atoms with Gasteiger partial charge in [0.05, 0.1) is 23.3 Å². The van der Waals surface area contributed by atoms with Crippen molar-refractivity contribution in [2.45, 2.75) is 0 Å². The van der Waals surface area contributed by atoms with Crippen molar-refractivity contribution in [1.82, 2.24) is 0 Å². The lowest BCUT2D eigenvalue weighted by Gasteiger charge is -1.88. The van der Waals surface area contributed by atoms with Crippen molar-refractivity contribution in [3.63, 3.8) is 0 Å². The molecule has 0 atom stereocenters. The van der Waals surface area contributed by atoms with Crippen LogP contribution in [0.4, 0.5) is 0 Å². The van der Waals surface area contributed by atoms with Crippen molar-refractivity contribution in [1.29, 1.82) is 10.5 Å². The minimum absolute atomic E-state index is 0.459. The van der Waals surface area contributed by atoms with Gasteiger partial charge in [0.15, 0.2) is 0 Å². The predicted molar refractivity (Wildman–Crippen MR) is 144 cm³/mol. The number of nitrogens with zero attached hydrogens (tertiary/aromatic N) is 2. The lowest BCUT2D eigenvalue weighted by Crippen LogP contribution is -1.74. The van der Waals surface area contributed by atoms with Gasteiger partial charge >= 0.3 is 0 Å². The van der Waals surface area contributed by atoms with Gasteiger partial charge in [-0.2, -0.15) is 10.5 Å². The first-order valence-electron chi connectivity index (χ1n) is 10.8. The maximum absolute atomic E-state index is 9.29. The lowest BCUT2D eigenvalue weighted by atomic mass is 10.1. The maximum atomic E-state index is 9.29. The Morgan fingerprint density at radius 1 is 0.471 bits per heavy atom. The van der Waals surface area contributed by atoms with Crippen molar-refractivity contribution in [3.8, 4) is 12.1 Å². The van der Waals surface area contributed by atoms with E-state index < -0.39 is 0 Å². The zero-order valence-electron chi connectivity index (χ0n) is 18.9. The number of hydrogen-bond acceptors (Lipinski definition) is 2. The van der Waals surface area contributed by atoms with Crippen molar-refractivity contribution in [2.24, 2.45) is 0 Å². The predicted octanol–water partition coefficient (Wildman–Crippen LogP) is 8.09. The molecule has 0 heterocycles. The fraction of sp³-hybridized carbons (Fsp3) is 0. The van der Waals surface area contributed by atoms with E-state index in [0.29, 0.717) is 11.1 Å². The van der Waals surface area contributed by atoms with Crippen LogP contribution in [0.25, 0.3) is 12.2 Å². The molecule has 0 fully saturated rings. The van der Waals surface area contributed by atoms with E-state index in [-0.39, 0.29) is 0 Å². The van der Waals surface area contributed by atoms with Gasteiger partial charge in [-0.15, -0.1) is 0 Å². The second-order valence-corrected chi connectivity index (χ2v) is 6.88. The fourth-order valence-electron chi connectivity index (χ4n) is 2.60. The van der Waals surface area contributed by atoms with E-state index in [4.69, 9.17) is 0 Å². The maximum Gasteiger partial charge on any atom is 0.0991 e. The Balaban J connectivity index is 1.84. The Bertz CT molecular complexity index is 1130. The summed E-state index contributed by atoms with van der Waals surface area (Å²) in [6.07, 6.45) is 29.5. The third kappa shape index (κ3) is 11.5. The third-order valence-electron chi connectivity index (χ3n) is 4.32. The molecule has 2 aromatic carbocycles. The Kier molecular flexibility index (Phi) is 12.5. The average molecular weight is 439 g/mol. The molecule has 0 aliphatic carbocycles. The van der Waals surface area contributed by atoms with E-state index in [0.717, 1.165) is 11.1 Å². The largest absolute Gasteiger partial charge is 0.192 e. The molecule has 2 aromatic rings. The third-order valence-corrected chi connectivity index (χ3v) is 4.32. The van der Waals surface area contributed by atoms with E-state index in [1.165, 1.54) is 0 Å². The average Bonchev–Trinajstić information content (AvgIpc) is 2.89. The molecule has 0 saturated heterocycles. The first-order chi connectivity index (χ1) is 16.8. The van der Waals surface area contributed by atoms with Gasteiger partial charge < -0.3 is 0 Å². The number of benzene rings is 2. The van der Waals surface area contributed by atoms with Crippen LogP contribution in [0.2, 0.25) is 0 Å². The first kappa shape index (κ1) is 25.3. The molecule has 0 aliphatic rings. The van der Waals surface area contributed by atoms with E-state index in [9.17, 15) is 10.5 Å². The number of allylic oxidation sites excluding steroid dienone is 16. The Morgan fingerprint density at radius 2 is 0.824 bits per heavy atom. The van der Waals surface area contributed by atoms with E-state index in [1.54, 1.807) is 36.5 Å². The highest BCUT2D eigenvalue weighted by atomic mass is 14.2. The van der Waals surface area contributed by atoms with Crippen LogP contribution in [-0.4, -0.2) is 0 Å². The summed E-state index contributed by atoms with van der Waals surface area (Å²) in [5, 5.41) is 18.6. The molecular weight excluding hydrogens is 412 g/mol. The van der Waals surface area contributed by atoms with Gasteiger partial charge in [-0.3, -0.25) is 0 Å². The van der Waals surface area contributed by atoms with Gasteiger partial charge in [0.25, 0.3) is 0 Å². The first-order valence-corrected chi connectivity index (χ1v) is 10.8. The van der Waals surface area contributed by atoms with Crippen LogP contribution in [0, 0.1) is 22.7 Å². The topological polar surface area (TPSA) is 47.6 Å². The van der Waals surface area contributed by atoms with Crippen LogP contribution < -0.4 is 0 Å². The number of rotatable bonds is 10. The van der Waals surface area contributed by atoms with Gasteiger partial charge in [0.1, 0.15) is 0 Å². The van der Waals surface area contributed by atoms with Crippen molar-refractivity contribution < 1.29 is 0 Å². The Morgan fingerprint density at radius 3 is 1.21 bits per heavy atom. The summed E-state index contributed by atoms with van der Waals surface area (Å²) in [6, 6.07) is 24.4. The monoisotopic (exact) mass is 438 g/mol. The van der Waals surface area contributed by atoms with Gasteiger partial charge in [-0.25, -0.2) is 0 Å². The molecular formula is C32H26N2. The molecule has 0 N–H and O–H groups in total. The Labute approximate surface area is 202 Å². The second-order valence-electron chi connectivity index (χ2n) is 6.88. The van der Waals surface area contributed by atoms with Crippen LogP contribution in [-0.2, 0) is 0 Å². The summed E-state index contributed by atoms with van der Waals surface area (Å²) in [4.78, 5) is 0. The van der Waals surface area contributed by atoms with Crippen LogP contribution in [0.5, 0.6) is 0 Å². The zero-order valence-corrected chi connectivity index (χ0v) is 18.9. The summed E-state index contributed by atoms with van der Waals surface area (Å²) in [7, 11) is 0. The van der Waals surface area contributed by atoms with Gasteiger partial charge in [0, 0.05) is 0 Å². The molecule has 0 amide bonds. The minimum Gasteiger partial charge on any atom is -0.192 e. The molecule has 0 radical (unpaired) electrons. The molecule has 2 heteroatoms. The second kappa shape index (κ2) is 16.7. The van der Waals surface area contributed by atoms with E-state index in [1.807, 2.05) is 121 Å². The smallest absolute Gasteiger partial charge is 0.0991 e. The highest BCUT2D eigenvalue weighted by molar-refractivity contribution is 5.51. The SMILES string of the molecule is N#CC(=C\C=C\C=C\C=C\c1ccccc1)/C=C/C(C#N)=C/C=C/C=C/C=C/c1ccccc1. The van der Waals surface area contributed by atoms with Gasteiger partial charge in [-0.1, -0.05) is 134 Å². The van der Waals surface area contributed by atoms with Crippen molar-refractivity contribution in [3.05, 3.63) is 168 Å². The molecule has 0 bridgehead atoms. The lowest BCUT2D eigenvalue weighted by molar-refractivity contribution is 1.48. The summed E-state index contributed by atoms with van der Waals surface area (Å²) in [5.74, 6) is 0. The van der Waals surface area contributed by atoms with Crippen molar-refractivity contribution in [2.75, 3.05) is 0 Å². The van der Waals surface area contributed by atoms with E-state index >= 15 is 0 Å². The molecule has 0 aliphatic heterocycles. The fourth-order valence-corrected chi connectivity index (χ4v) is 2.60. The highest BCUT2D eigenvalue weighted by Gasteiger charge is 1.89. The van der Waals surface area contributed by atoms with Crippen LogP contribution in [0.15, 0.2) is 157 Å². The summed E-state index contributed by atoms with van der Waals surface area (Å²) >= 11 is 0. The Hall–Kier alpha value is -4.92.